The van der Waals surface area contributed by atoms with Crippen LogP contribution < -0.4 is 0 Å². The third-order valence-electron chi connectivity index (χ3n) is 4.01. The topological polar surface area (TPSA) is 54.4 Å². The van der Waals surface area contributed by atoms with Gasteiger partial charge in [-0.3, -0.25) is 0 Å². The molecule has 0 amide bonds. The molecule has 0 spiro atoms. The van der Waals surface area contributed by atoms with Crippen molar-refractivity contribution in [1.82, 2.24) is 0 Å². The van der Waals surface area contributed by atoms with Gasteiger partial charge in [-0.25, -0.2) is 0 Å². The van der Waals surface area contributed by atoms with E-state index in [1.807, 2.05) is 0 Å². The molecule has 0 rings (SSSR count). The van der Waals surface area contributed by atoms with Crippen LogP contribution in [0.25, 0.3) is 0 Å². The van der Waals surface area contributed by atoms with Crippen molar-refractivity contribution in [3.63, 3.8) is 0 Å². The Labute approximate surface area is 170 Å². The summed E-state index contributed by atoms with van der Waals surface area (Å²) in [5.74, 6) is 0. The Balaban J connectivity index is -0.000000920. The van der Waals surface area contributed by atoms with E-state index in [-0.39, 0.29) is 26.2 Å². The van der Waals surface area contributed by atoms with Crippen LogP contribution in [0.15, 0.2) is 0 Å². The zero-order chi connectivity index (χ0) is 16.7. The molecule has 0 aromatic rings. The molecule has 0 atom stereocenters. The molecule has 0 radical (unpaired) electrons. The van der Waals surface area contributed by atoms with E-state index in [4.69, 9.17) is 12.5 Å². The molecular weight excluding hydrogens is 524 g/mol. The van der Waals surface area contributed by atoms with Gasteiger partial charge in [0.25, 0.3) is 0 Å². The van der Waals surface area contributed by atoms with Gasteiger partial charge >= 0.3 is 49.7 Å². The molecule has 0 bridgehead atoms. The van der Waals surface area contributed by atoms with Crippen LogP contribution in [0, 0.1) is 0 Å². The molecule has 0 fully saturated rings. The van der Waals surface area contributed by atoms with Crippen molar-refractivity contribution in [2.24, 2.45) is 0 Å². The van der Waals surface area contributed by atoms with E-state index in [9.17, 15) is 0 Å². The molecule has 5 heteroatoms. The van der Waals surface area contributed by atoms with Crippen molar-refractivity contribution in [2.45, 2.75) is 110 Å². The van der Waals surface area contributed by atoms with Gasteiger partial charge in [0.15, 0.2) is 0 Å². The monoisotopic (exact) mass is 565 g/mol. The Morgan fingerprint density at radius 2 is 0.783 bits per heavy atom. The van der Waals surface area contributed by atoms with Crippen LogP contribution in [0.2, 0.25) is 0 Å². The first kappa shape index (κ1) is 28.8. The zero-order valence-electron chi connectivity index (χ0n) is 15.4. The molecule has 23 heavy (non-hydrogen) atoms. The molecule has 0 aliphatic carbocycles. The Kier molecular flexibility index (Phi) is 38.7. The molecular formula is C18H41BiO3V. The minimum absolute atomic E-state index is 0. The standard InChI is InChI=1S/C18H38O.Bi.2O.V.3H/c1-2-3-4-5-6-7-8-9-10-11-12-13-14-15-16-17-18-19;;;;;;;/h19H,2-18H2,1H3;;;;;;;. The van der Waals surface area contributed by atoms with E-state index in [2.05, 4.69) is 6.92 Å². The first-order valence-corrected chi connectivity index (χ1v) is 10.5. The van der Waals surface area contributed by atoms with Crippen molar-refractivity contribution < 1.29 is 28.6 Å². The molecule has 0 saturated carbocycles. The number of hydrogen-bond donors (Lipinski definition) is 1. The fraction of sp³-hybridized carbons (Fsp3) is 1.00. The molecule has 141 valence electrons. The summed E-state index contributed by atoms with van der Waals surface area (Å²) >= 11 is -1.81. The van der Waals surface area contributed by atoms with Gasteiger partial charge in [0.2, 0.25) is 0 Å². The fourth-order valence-corrected chi connectivity index (χ4v) is 2.66. The summed E-state index contributed by atoms with van der Waals surface area (Å²) in [6.07, 6.45) is 22.2. The Bertz CT molecular complexity index is 206. The van der Waals surface area contributed by atoms with Crippen LogP contribution in [0.3, 0.4) is 0 Å². The van der Waals surface area contributed by atoms with E-state index in [1.165, 1.54) is 96.3 Å². The summed E-state index contributed by atoms with van der Waals surface area (Å²) < 4.78 is 16.9. The van der Waals surface area contributed by atoms with Gasteiger partial charge in [0, 0.05) is 6.61 Å². The van der Waals surface area contributed by atoms with Gasteiger partial charge in [0.05, 0.1) is 0 Å². The third-order valence-corrected chi connectivity index (χ3v) is 4.01. The van der Waals surface area contributed by atoms with Crippen LogP contribution in [-0.4, -0.2) is 37.9 Å². The molecule has 0 aliphatic heterocycles. The van der Waals surface area contributed by atoms with Gasteiger partial charge in [-0.1, -0.05) is 103 Å². The second-order valence-corrected chi connectivity index (χ2v) is 6.33. The number of aliphatic hydroxyl groups is 1. The van der Waals surface area contributed by atoms with Crippen molar-refractivity contribution in [3.05, 3.63) is 0 Å². The Morgan fingerprint density at radius 3 is 1.00 bits per heavy atom. The van der Waals surface area contributed by atoms with Gasteiger partial charge in [-0.2, -0.15) is 0 Å². The van der Waals surface area contributed by atoms with Crippen LogP contribution in [-0.2, 0) is 23.5 Å². The summed E-state index contributed by atoms with van der Waals surface area (Å²) in [6, 6.07) is 0. The van der Waals surface area contributed by atoms with Crippen molar-refractivity contribution in [2.75, 3.05) is 6.61 Å². The van der Waals surface area contributed by atoms with Gasteiger partial charge in [0.1, 0.15) is 0 Å². The first-order valence-electron chi connectivity index (χ1n) is 9.39. The molecule has 0 unspecified atom stereocenters. The van der Waals surface area contributed by atoms with E-state index in [0.29, 0.717) is 6.61 Å². The Morgan fingerprint density at radius 1 is 0.565 bits per heavy atom. The average molecular weight is 565 g/mol. The summed E-state index contributed by atoms with van der Waals surface area (Å²) in [6.45, 7) is 2.66. The van der Waals surface area contributed by atoms with Crippen molar-refractivity contribution >= 4 is 26.2 Å². The van der Waals surface area contributed by atoms with E-state index in [0.717, 1.165) is 6.42 Å². The Hall–Kier alpha value is 1.03. The zero-order valence-corrected chi connectivity index (χ0v) is 22.3. The molecule has 0 heterocycles. The fourth-order valence-electron chi connectivity index (χ4n) is 2.66. The van der Waals surface area contributed by atoms with E-state index >= 15 is 0 Å². The van der Waals surface area contributed by atoms with Gasteiger partial charge in [-0.15, -0.1) is 0 Å². The predicted octanol–water partition coefficient (Wildman–Crippen LogP) is 4.82. The van der Waals surface area contributed by atoms with Crippen LogP contribution in [0.1, 0.15) is 110 Å². The molecule has 1 N–H and O–H groups in total. The average Bonchev–Trinajstić information content (AvgIpc) is 2.52. The summed E-state index contributed by atoms with van der Waals surface area (Å²) in [5.41, 5.74) is 0. The van der Waals surface area contributed by atoms with Crippen LogP contribution in [0.5, 0.6) is 0 Å². The van der Waals surface area contributed by atoms with Gasteiger partial charge in [-0.05, 0) is 6.42 Å². The van der Waals surface area contributed by atoms with E-state index in [1.54, 1.807) is 0 Å². The molecule has 3 nitrogen and oxygen atoms in total. The number of unbranched alkanes of at least 4 members (excludes halogenated alkanes) is 15. The van der Waals surface area contributed by atoms with Crippen molar-refractivity contribution in [3.8, 4) is 0 Å². The molecule has 0 aromatic heterocycles. The number of aliphatic hydroxyl groups excluding tert-OH is 1. The maximum atomic E-state index is 8.67. The summed E-state index contributed by atoms with van der Waals surface area (Å²) in [5, 5.41) is 8.67. The maximum absolute atomic E-state index is 8.67. The predicted molar refractivity (Wildman–Crippen MR) is 97.9 cm³/mol. The molecule has 0 aliphatic rings. The van der Waals surface area contributed by atoms with E-state index < -0.39 is 16.2 Å². The van der Waals surface area contributed by atoms with Crippen LogP contribution in [0.4, 0.5) is 0 Å². The number of rotatable bonds is 16. The second-order valence-electron chi connectivity index (χ2n) is 6.10. The van der Waals surface area contributed by atoms with Crippen LogP contribution >= 0.6 is 0 Å². The number of hydrogen-bond acceptors (Lipinski definition) is 3. The quantitative estimate of drug-likeness (QED) is 0.216. The third kappa shape index (κ3) is 35.1. The normalized spacial score (nSPS) is 9.48. The van der Waals surface area contributed by atoms with Crippen molar-refractivity contribution in [1.29, 1.82) is 0 Å². The molecule has 0 saturated heterocycles. The SMILES string of the molecule is CCCCCCCCCCCCCCCCCCO.[BiH3].[O]=[V]=[O]. The summed E-state index contributed by atoms with van der Waals surface area (Å²) in [7, 11) is 0. The minimum atomic E-state index is -1.81. The second kappa shape index (κ2) is 30.9. The first-order chi connectivity index (χ1) is 10.8. The summed E-state index contributed by atoms with van der Waals surface area (Å²) in [4.78, 5) is 0. The molecule has 0 aromatic carbocycles. The van der Waals surface area contributed by atoms with Gasteiger partial charge < -0.3 is 5.11 Å².